The highest BCUT2D eigenvalue weighted by molar-refractivity contribution is 7.13. The number of nitrogens with zero attached hydrogens (tertiary/aromatic N) is 2. The summed E-state index contributed by atoms with van der Waals surface area (Å²) >= 11 is 1.33. The van der Waals surface area contributed by atoms with Gasteiger partial charge in [-0.2, -0.15) is 5.10 Å². The van der Waals surface area contributed by atoms with Crippen molar-refractivity contribution < 1.29 is 19.4 Å². The number of anilines is 1. The maximum atomic E-state index is 11.1. The molecule has 0 spiro atoms. The molecule has 2 N–H and O–H groups in total. The molecule has 0 saturated carbocycles. The Morgan fingerprint density at radius 2 is 2.32 bits per heavy atom. The first-order chi connectivity index (χ1) is 10.6. The van der Waals surface area contributed by atoms with E-state index in [1.54, 1.807) is 23.7 Å². The molecule has 2 aromatic rings. The molecule has 1 aromatic heterocycles. The van der Waals surface area contributed by atoms with Crippen molar-refractivity contribution in [2.45, 2.75) is 6.42 Å². The molecule has 0 bridgehead atoms. The Labute approximate surface area is 131 Å². The summed E-state index contributed by atoms with van der Waals surface area (Å²) in [6.45, 7) is 0. The minimum absolute atomic E-state index is 0.0427. The van der Waals surface area contributed by atoms with E-state index in [-0.39, 0.29) is 18.1 Å². The molecule has 0 unspecified atom stereocenters. The number of carbonyl (C=O) groups excluding carboxylic acids is 1. The number of carbonyl (C=O) groups is 1. The van der Waals surface area contributed by atoms with Gasteiger partial charge in [-0.25, -0.2) is 4.98 Å². The van der Waals surface area contributed by atoms with Gasteiger partial charge in [-0.15, -0.1) is 11.3 Å². The molecule has 1 aromatic carbocycles. The van der Waals surface area contributed by atoms with E-state index in [1.165, 1.54) is 31.6 Å². The molecule has 1 heterocycles. The number of hydrogen-bond donors (Lipinski definition) is 2. The predicted molar refractivity (Wildman–Crippen MR) is 83.7 cm³/mol. The highest BCUT2D eigenvalue weighted by Gasteiger charge is 2.07. The first kappa shape index (κ1) is 15.8. The van der Waals surface area contributed by atoms with Crippen LogP contribution in [-0.2, 0) is 16.0 Å². The Bertz CT molecular complexity index is 684. The number of ether oxygens (including phenoxy) is 2. The van der Waals surface area contributed by atoms with E-state index in [9.17, 15) is 9.90 Å². The van der Waals surface area contributed by atoms with Crippen LogP contribution in [0.4, 0.5) is 5.13 Å². The highest BCUT2D eigenvalue weighted by Crippen LogP contribution is 2.25. The monoisotopic (exact) mass is 321 g/mol. The van der Waals surface area contributed by atoms with Gasteiger partial charge in [-0.1, -0.05) is 0 Å². The molecular weight excluding hydrogens is 306 g/mol. The van der Waals surface area contributed by atoms with Crippen LogP contribution in [0.2, 0.25) is 0 Å². The quantitative estimate of drug-likeness (QED) is 0.480. The van der Waals surface area contributed by atoms with E-state index in [0.717, 1.165) is 0 Å². The number of benzene rings is 1. The van der Waals surface area contributed by atoms with Crippen LogP contribution < -0.4 is 10.2 Å². The number of thiazole rings is 1. The number of aromatic nitrogens is 1. The molecule has 0 saturated heterocycles. The third-order valence-electron chi connectivity index (χ3n) is 2.68. The number of phenols is 1. The average molecular weight is 321 g/mol. The van der Waals surface area contributed by atoms with Crippen LogP contribution in [0, 0.1) is 0 Å². The largest absolute Gasteiger partial charge is 0.504 e. The SMILES string of the molecule is COC(=O)Cc1csc(N/N=C\c2ccc(OC)c(O)c2)n1. The number of esters is 1. The summed E-state index contributed by atoms with van der Waals surface area (Å²) < 4.78 is 9.54. The lowest BCUT2D eigenvalue weighted by Crippen LogP contribution is -2.04. The van der Waals surface area contributed by atoms with Crippen LogP contribution in [0.3, 0.4) is 0 Å². The van der Waals surface area contributed by atoms with Crippen LogP contribution in [0.25, 0.3) is 0 Å². The number of hydrazone groups is 1. The van der Waals surface area contributed by atoms with Crippen LogP contribution in [-0.4, -0.2) is 36.5 Å². The van der Waals surface area contributed by atoms with Crippen molar-refractivity contribution in [3.8, 4) is 11.5 Å². The highest BCUT2D eigenvalue weighted by atomic mass is 32.1. The molecule has 7 nitrogen and oxygen atoms in total. The second kappa shape index (κ2) is 7.41. The molecule has 0 aliphatic carbocycles. The number of hydrogen-bond acceptors (Lipinski definition) is 8. The summed E-state index contributed by atoms with van der Waals surface area (Å²) in [7, 11) is 2.82. The number of nitrogens with one attached hydrogen (secondary N) is 1. The maximum Gasteiger partial charge on any atom is 0.311 e. The van der Waals surface area contributed by atoms with E-state index in [0.29, 0.717) is 22.1 Å². The molecule has 0 aliphatic rings. The minimum Gasteiger partial charge on any atom is -0.504 e. The normalized spacial score (nSPS) is 10.6. The van der Waals surface area contributed by atoms with Crippen molar-refractivity contribution in [3.05, 3.63) is 34.8 Å². The molecule has 0 radical (unpaired) electrons. The molecule has 0 aliphatic heterocycles. The maximum absolute atomic E-state index is 11.1. The Morgan fingerprint density at radius 3 is 3.00 bits per heavy atom. The first-order valence-electron chi connectivity index (χ1n) is 6.29. The first-order valence-corrected chi connectivity index (χ1v) is 7.17. The average Bonchev–Trinajstić information content (AvgIpc) is 2.94. The lowest BCUT2D eigenvalue weighted by atomic mass is 10.2. The third-order valence-corrected chi connectivity index (χ3v) is 3.48. The second-order valence-corrected chi connectivity index (χ2v) is 5.06. The Balaban J connectivity index is 1.95. The second-order valence-electron chi connectivity index (χ2n) is 4.20. The molecule has 8 heteroatoms. The van der Waals surface area contributed by atoms with Crippen molar-refractivity contribution in [3.63, 3.8) is 0 Å². The summed E-state index contributed by atoms with van der Waals surface area (Å²) in [5, 5.41) is 16.0. The van der Waals surface area contributed by atoms with Gasteiger partial charge in [0, 0.05) is 5.38 Å². The van der Waals surface area contributed by atoms with Gasteiger partial charge in [0.15, 0.2) is 11.5 Å². The molecular formula is C14H15N3O4S. The predicted octanol–water partition coefficient (Wildman–Crippen LogP) is 2.02. The van der Waals surface area contributed by atoms with Crippen LogP contribution in [0.15, 0.2) is 28.7 Å². The molecule has 0 fully saturated rings. The number of aromatic hydroxyl groups is 1. The van der Waals surface area contributed by atoms with Crippen LogP contribution in [0.5, 0.6) is 11.5 Å². The van der Waals surface area contributed by atoms with Crippen molar-refractivity contribution in [2.24, 2.45) is 5.10 Å². The standard InChI is InChI=1S/C14H15N3O4S/c1-20-12-4-3-9(5-11(12)18)7-15-17-14-16-10(8-22-14)6-13(19)21-2/h3-5,7-8,18H,6H2,1-2H3,(H,16,17)/b15-7-. The summed E-state index contributed by atoms with van der Waals surface area (Å²) in [5.41, 5.74) is 4.09. The van der Waals surface area contributed by atoms with E-state index in [4.69, 9.17) is 4.74 Å². The number of rotatable bonds is 6. The fourth-order valence-corrected chi connectivity index (χ4v) is 2.27. The van der Waals surface area contributed by atoms with Crippen molar-refractivity contribution in [1.82, 2.24) is 4.98 Å². The van der Waals surface area contributed by atoms with Gasteiger partial charge in [0.25, 0.3) is 0 Å². The van der Waals surface area contributed by atoms with Crippen molar-refractivity contribution in [2.75, 3.05) is 19.6 Å². The molecule has 22 heavy (non-hydrogen) atoms. The molecule has 2 rings (SSSR count). The molecule has 0 atom stereocenters. The zero-order valence-corrected chi connectivity index (χ0v) is 12.9. The van der Waals surface area contributed by atoms with Gasteiger partial charge in [0.1, 0.15) is 0 Å². The Hall–Kier alpha value is -2.61. The summed E-state index contributed by atoms with van der Waals surface area (Å²) in [6.07, 6.45) is 1.67. The van der Waals surface area contributed by atoms with E-state index in [1.807, 2.05) is 0 Å². The zero-order chi connectivity index (χ0) is 15.9. The fraction of sp³-hybridized carbons (Fsp3) is 0.214. The van der Waals surface area contributed by atoms with Crippen LogP contribution >= 0.6 is 11.3 Å². The molecule has 116 valence electrons. The third kappa shape index (κ3) is 4.19. The van der Waals surface area contributed by atoms with Gasteiger partial charge in [-0.3, -0.25) is 10.2 Å². The number of methoxy groups -OCH3 is 2. The molecule has 0 amide bonds. The smallest absolute Gasteiger partial charge is 0.311 e. The van der Waals surface area contributed by atoms with Gasteiger partial charge in [0.2, 0.25) is 5.13 Å². The van der Waals surface area contributed by atoms with E-state index < -0.39 is 0 Å². The lowest BCUT2D eigenvalue weighted by Gasteiger charge is -2.02. The van der Waals surface area contributed by atoms with Gasteiger partial charge in [-0.05, 0) is 23.8 Å². The Morgan fingerprint density at radius 1 is 1.50 bits per heavy atom. The fourth-order valence-electron chi connectivity index (χ4n) is 1.61. The van der Waals surface area contributed by atoms with E-state index >= 15 is 0 Å². The summed E-state index contributed by atoms with van der Waals surface area (Å²) in [4.78, 5) is 15.3. The minimum atomic E-state index is -0.339. The zero-order valence-electron chi connectivity index (χ0n) is 12.1. The van der Waals surface area contributed by atoms with Gasteiger partial charge < -0.3 is 14.6 Å². The van der Waals surface area contributed by atoms with Gasteiger partial charge >= 0.3 is 5.97 Å². The van der Waals surface area contributed by atoms with E-state index in [2.05, 4.69) is 20.2 Å². The lowest BCUT2D eigenvalue weighted by molar-refractivity contribution is -0.139. The Kier molecular flexibility index (Phi) is 5.31. The summed E-state index contributed by atoms with van der Waals surface area (Å²) in [5.74, 6) is 0.104. The van der Waals surface area contributed by atoms with Crippen molar-refractivity contribution >= 4 is 28.7 Å². The van der Waals surface area contributed by atoms with Crippen LogP contribution in [0.1, 0.15) is 11.3 Å². The topological polar surface area (TPSA) is 93.0 Å². The van der Waals surface area contributed by atoms with Gasteiger partial charge in [0.05, 0.1) is 32.5 Å². The summed E-state index contributed by atoms with van der Waals surface area (Å²) in [6, 6.07) is 4.94. The van der Waals surface area contributed by atoms with Crippen molar-refractivity contribution in [1.29, 1.82) is 0 Å². The number of phenolic OH excluding ortho intramolecular Hbond substituents is 1.